The number of allylic oxidation sites excluding steroid dienone is 11. The molecular formula is C60H112N2O6P+. The number of aliphatic hydroxyl groups is 1. The van der Waals surface area contributed by atoms with Crippen LogP contribution in [0.3, 0.4) is 0 Å². The van der Waals surface area contributed by atoms with E-state index in [1.165, 1.54) is 167 Å². The van der Waals surface area contributed by atoms with Crippen LogP contribution in [0.4, 0.5) is 0 Å². The van der Waals surface area contributed by atoms with Crippen LogP contribution in [0, 0.1) is 0 Å². The predicted octanol–water partition coefficient (Wildman–Crippen LogP) is 17.5. The summed E-state index contributed by atoms with van der Waals surface area (Å²) in [5.41, 5.74) is 0. The van der Waals surface area contributed by atoms with Crippen molar-refractivity contribution in [3.63, 3.8) is 0 Å². The van der Waals surface area contributed by atoms with Crippen LogP contribution in [0.25, 0.3) is 0 Å². The van der Waals surface area contributed by atoms with Crippen molar-refractivity contribution in [2.24, 2.45) is 0 Å². The van der Waals surface area contributed by atoms with Crippen molar-refractivity contribution >= 4 is 13.7 Å². The summed E-state index contributed by atoms with van der Waals surface area (Å²) in [4.78, 5) is 23.3. The second-order valence-electron chi connectivity index (χ2n) is 20.6. The molecule has 0 rings (SSSR count). The Balaban J connectivity index is 4.18. The second-order valence-corrected chi connectivity index (χ2v) is 22.1. The first-order valence-electron chi connectivity index (χ1n) is 28.8. The molecule has 0 radical (unpaired) electrons. The van der Waals surface area contributed by atoms with Gasteiger partial charge >= 0.3 is 7.82 Å². The Kier molecular flexibility index (Phi) is 49.3. The Morgan fingerprint density at radius 1 is 0.507 bits per heavy atom. The number of hydrogen-bond donors (Lipinski definition) is 3. The summed E-state index contributed by atoms with van der Waals surface area (Å²) in [6.07, 6.45) is 70.1. The van der Waals surface area contributed by atoms with Crippen LogP contribution in [-0.2, 0) is 18.4 Å². The molecule has 0 aliphatic heterocycles. The molecule has 0 heterocycles. The average Bonchev–Trinajstić information content (AvgIpc) is 3.31. The number of unbranched alkanes of at least 4 members (excludes halogenated alkanes) is 29. The Morgan fingerprint density at radius 3 is 1.33 bits per heavy atom. The fourth-order valence-corrected chi connectivity index (χ4v) is 8.90. The van der Waals surface area contributed by atoms with E-state index in [4.69, 9.17) is 9.05 Å². The van der Waals surface area contributed by atoms with Gasteiger partial charge in [0.1, 0.15) is 13.2 Å². The van der Waals surface area contributed by atoms with Gasteiger partial charge in [0.05, 0.1) is 39.9 Å². The smallest absolute Gasteiger partial charge is 0.387 e. The molecule has 9 heteroatoms. The summed E-state index contributed by atoms with van der Waals surface area (Å²) in [6.45, 7) is 4.70. The number of amides is 1. The molecule has 0 bridgehead atoms. The topological polar surface area (TPSA) is 105 Å². The maximum absolute atomic E-state index is 13.0. The molecule has 0 saturated carbocycles. The molecule has 69 heavy (non-hydrogen) atoms. The van der Waals surface area contributed by atoms with Gasteiger partial charge in [0.25, 0.3) is 0 Å². The number of nitrogens with zero attached hydrogens (tertiary/aromatic N) is 1. The summed E-state index contributed by atoms with van der Waals surface area (Å²) in [7, 11) is 1.55. The molecule has 8 nitrogen and oxygen atoms in total. The maximum Gasteiger partial charge on any atom is 0.472 e. The molecule has 0 aliphatic rings. The third-order valence-electron chi connectivity index (χ3n) is 12.7. The summed E-state index contributed by atoms with van der Waals surface area (Å²) < 4.78 is 23.7. The first kappa shape index (κ1) is 66.9. The number of carbonyl (C=O) groups excluding carboxylic acids is 1. The van der Waals surface area contributed by atoms with Crippen LogP contribution < -0.4 is 5.32 Å². The maximum atomic E-state index is 13.0. The van der Waals surface area contributed by atoms with Crippen LogP contribution in [0.5, 0.6) is 0 Å². The van der Waals surface area contributed by atoms with E-state index in [1.807, 2.05) is 27.2 Å². The van der Waals surface area contributed by atoms with Crippen LogP contribution in [0.2, 0.25) is 0 Å². The van der Waals surface area contributed by atoms with E-state index in [1.54, 1.807) is 6.08 Å². The van der Waals surface area contributed by atoms with Gasteiger partial charge in [0.2, 0.25) is 5.91 Å². The molecule has 3 unspecified atom stereocenters. The standard InChI is InChI=1S/C60H111N2O6P/c1-6-8-10-12-14-16-18-20-22-24-26-27-28-29-30-31-32-33-34-35-36-38-40-42-44-46-48-50-52-54-60(64)61-58(57-68-69(65,66)67-56-55-62(3,4)5)59(63)53-51-49-47-45-43-41-39-37-25-23-21-19-17-15-13-11-9-7-2/h8,10,14,16,20,22,26-27,43,45,51,53,58-59,63H,6-7,9,11-13,15,17-19,21,23-25,28-42,44,46-50,52,54-57H2,1-5H3,(H-,61,64,65,66)/p+1/b10-8-,16-14-,22-20-,27-26-,45-43+,53-51+. The monoisotopic (exact) mass is 988 g/mol. The minimum atomic E-state index is -4.36. The molecule has 0 saturated heterocycles. The van der Waals surface area contributed by atoms with Crippen molar-refractivity contribution in [2.45, 2.75) is 264 Å². The number of likely N-dealkylation sites (N-methyl/N-ethyl adjacent to an activating group) is 1. The lowest BCUT2D eigenvalue weighted by Crippen LogP contribution is -2.45. The summed E-state index contributed by atoms with van der Waals surface area (Å²) in [5, 5.41) is 13.9. The fourth-order valence-electron chi connectivity index (χ4n) is 8.17. The first-order valence-corrected chi connectivity index (χ1v) is 30.3. The van der Waals surface area contributed by atoms with Gasteiger partial charge in [0.15, 0.2) is 0 Å². The van der Waals surface area contributed by atoms with Gasteiger partial charge in [0, 0.05) is 6.42 Å². The van der Waals surface area contributed by atoms with Gasteiger partial charge in [-0.15, -0.1) is 0 Å². The van der Waals surface area contributed by atoms with E-state index < -0.39 is 20.0 Å². The average molecular weight is 989 g/mol. The van der Waals surface area contributed by atoms with Crippen LogP contribution in [0.15, 0.2) is 72.9 Å². The van der Waals surface area contributed by atoms with Crippen molar-refractivity contribution in [1.82, 2.24) is 5.32 Å². The molecule has 0 spiro atoms. The number of phosphoric acid groups is 1. The summed E-state index contributed by atoms with van der Waals surface area (Å²) >= 11 is 0. The lowest BCUT2D eigenvalue weighted by atomic mass is 10.0. The van der Waals surface area contributed by atoms with Crippen molar-refractivity contribution in [3.05, 3.63) is 72.9 Å². The van der Waals surface area contributed by atoms with Gasteiger partial charge in [-0.2, -0.15) is 0 Å². The quantitative estimate of drug-likeness (QED) is 0.0243. The summed E-state index contributed by atoms with van der Waals surface area (Å²) in [5.74, 6) is -0.187. The Morgan fingerprint density at radius 2 is 0.884 bits per heavy atom. The molecule has 1 amide bonds. The molecule has 0 aromatic carbocycles. The predicted molar refractivity (Wildman–Crippen MR) is 300 cm³/mol. The lowest BCUT2D eigenvalue weighted by Gasteiger charge is -2.25. The van der Waals surface area contributed by atoms with E-state index >= 15 is 0 Å². The third-order valence-corrected chi connectivity index (χ3v) is 13.6. The SMILES string of the molecule is CC/C=C\C/C=C\C/C=C\C/C=C\CCCCCCCCCCCCCCCCCCC(=O)NC(COP(=O)(O)OCC[N+](C)(C)C)C(O)/C=C/CC/C=C/CCCCCCCCCCCCCC. The molecule has 3 atom stereocenters. The van der Waals surface area contributed by atoms with Crippen LogP contribution >= 0.6 is 7.82 Å². The second kappa shape index (κ2) is 50.9. The zero-order chi connectivity index (χ0) is 50.6. The van der Waals surface area contributed by atoms with E-state index in [9.17, 15) is 19.4 Å². The van der Waals surface area contributed by atoms with Crippen molar-refractivity contribution in [1.29, 1.82) is 0 Å². The molecule has 0 aromatic heterocycles. The highest BCUT2D eigenvalue weighted by atomic mass is 31.2. The van der Waals surface area contributed by atoms with E-state index in [-0.39, 0.29) is 19.1 Å². The molecule has 0 aliphatic carbocycles. The Hall–Kier alpha value is -2.06. The van der Waals surface area contributed by atoms with Crippen LogP contribution in [-0.4, -0.2) is 73.4 Å². The Bertz CT molecular complexity index is 1350. The minimum Gasteiger partial charge on any atom is -0.387 e. The Labute approximate surface area is 427 Å². The number of hydrogen-bond acceptors (Lipinski definition) is 5. The van der Waals surface area contributed by atoms with Crippen molar-refractivity contribution in [2.75, 3.05) is 40.9 Å². The largest absolute Gasteiger partial charge is 0.472 e. The van der Waals surface area contributed by atoms with Gasteiger partial charge in [-0.1, -0.05) is 247 Å². The van der Waals surface area contributed by atoms with E-state index in [0.29, 0.717) is 17.4 Å². The highest BCUT2D eigenvalue weighted by Gasteiger charge is 2.27. The highest BCUT2D eigenvalue weighted by Crippen LogP contribution is 2.43. The molecule has 402 valence electrons. The minimum absolute atomic E-state index is 0.0547. The van der Waals surface area contributed by atoms with Gasteiger partial charge in [-0.3, -0.25) is 13.8 Å². The number of aliphatic hydroxyl groups excluding tert-OH is 1. The van der Waals surface area contributed by atoms with Crippen molar-refractivity contribution in [3.8, 4) is 0 Å². The number of quaternary nitrogens is 1. The zero-order valence-electron chi connectivity index (χ0n) is 45.8. The first-order chi connectivity index (χ1) is 33.5. The number of phosphoric ester groups is 1. The molecule has 0 fully saturated rings. The fraction of sp³-hybridized carbons (Fsp3) is 0.783. The van der Waals surface area contributed by atoms with Crippen molar-refractivity contribution < 1.29 is 32.9 Å². The van der Waals surface area contributed by atoms with Gasteiger partial charge in [-0.25, -0.2) is 4.57 Å². The lowest BCUT2D eigenvalue weighted by molar-refractivity contribution is -0.870. The normalized spacial score (nSPS) is 14.5. The molecule has 3 N–H and O–H groups in total. The summed E-state index contributed by atoms with van der Waals surface area (Å²) in [6, 6.07) is -0.866. The van der Waals surface area contributed by atoms with Gasteiger partial charge in [-0.05, 0) is 70.6 Å². The zero-order valence-corrected chi connectivity index (χ0v) is 46.7. The van der Waals surface area contributed by atoms with E-state index in [2.05, 4.69) is 79.9 Å². The van der Waals surface area contributed by atoms with Gasteiger partial charge < -0.3 is 19.8 Å². The molecule has 0 aromatic rings. The van der Waals surface area contributed by atoms with E-state index in [0.717, 1.165) is 64.2 Å². The number of carbonyl (C=O) groups is 1. The highest BCUT2D eigenvalue weighted by molar-refractivity contribution is 7.47. The molecular weight excluding hydrogens is 876 g/mol. The van der Waals surface area contributed by atoms with Crippen LogP contribution in [0.1, 0.15) is 251 Å². The number of nitrogens with one attached hydrogen (secondary N) is 1. The number of rotatable bonds is 52. The third kappa shape index (κ3) is 53.6.